The van der Waals surface area contributed by atoms with Gasteiger partial charge < -0.3 is 19.7 Å². The number of benzene rings is 1. The average Bonchev–Trinajstić information content (AvgIpc) is 3.41. The predicted molar refractivity (Wildman–Crippen MR) is 144 cm³/mol. The Balaban J connectivity index is 1.43. The van der Waals surface area contributed by atoms with E-state index < -0.39 is 0 Å². The molecule has 0 aliphatic carbocycles. The fourth-order valence-corrected chi connectivity index (χ4v) is 7.12. The lowest BCUT2D eigenvalue weighted by atomic mass is 9.99. The zero-order chi connectivity index (χ0) is 24.7. The molecule has 3 aromatic rings. The highest BCUT2D eigenvalue weighted by Crippen LogP contribution is 2.43. The van der Waals surface area contributed by atoms with Crippen molar-refractivity contribution in [1.82, 2.24) is 14.8 Å². The molecule has 1 atom stereocenters. The summed E-state index contributed by atoms with van der Waals surface area (Å²) in [5.41, 5.74) is 6.28. The Morgan fingerprint density at radius 2 is 1.66 bits per heavy atom. The number of amides is 2. The Morgan fingerprint density at radius 1 is 0.971 bits per heavy atom. The van der Waals surface area contributed by atoms with E-state index in [0.717, 1.165) is 37.9 Å². The molecule has 0 radical (unpaired) electrons. The van der Waals surface area contributed by atoms with Gasteiger partial charge in [0.2, 0.25) is 11.8 Å². The van der Waals surface area contributed by atoms with Crippen LogP contribution in [0, 0.1) is 13.8 Å². The highest BCUT2D eigenvalue weighted by molar-refractivity contribution is 7.22. The standard InChI is InChI=1S/C28H36N4O2S/c1-5-22-23-17-24(21-15-18(2)14-19(3)16-21)29-26(23)35-28(22)32-9-7-6-8-25(32)27(34)31-12-10-30(11-13-31)20(4)33/h14-17,25,29H,5-13H2,1-4H3. The number of H-pyrrole nitrogens is 1. The molecule has 5 rings (SSSR count). The lowest BCUT2D eigenvalue weighted by Gasteiger charge is -2.41. The van der Waals surface area contributed by atoms with E-state index in [4.69, 9.17) is 0 Å². The third-order valence-corrected chi connectivity index (χ3v) is 8.74. The van der Waals surface area contributed by atoms with Crippen LogP contribution in [0.3, 0.4) is 0 Å². The summed E-state index contributed by atoms with van der Waals surface area (Å²) in [7, 11) is 0. The molecule has 1 N–H and O–H groups in total. The first kappa shape index (κ1) is 23.9. The Bertz CT molecular complexity index is 1230. The SMILES string of the molecule is CCc1c(N2CCCCC2C(=O)N2CCN(C(C)=O)CC2)sc2[nH]c(-c3cc(C)cc(C)c3)cc12. The highest BCUT2D eigenvalue weighted by Gasteiger charge is 2.35. The molecular weight excluding hydrogens is 456 g/mol. The predicted octanol–water partition coefficient (Wildman–Crippen LogP) is 5.13. The van der Waals surface area contributed by atoms with Gasteiger partial charge in [0.15, 0.2) is 0 Å². The molecule has 7 heteroatoms. The summed E-state index contributed by atoms with van der Waals surface area (Å²) >= 11 is 1.80. The van der Waals surface area contributed by atoms with Crippen molar-refractivity contribution in [3.05, 3.63) is 41.0 Å². The number of aromatic nitrogens is 1. The van der Waals surface area contributed by atoms with Crippen LogP contribution in [0.15, 0.2) is 24.3 Å². The smallest absolute Gasteiger partial charge is 0.245 e. The molecule has 0 saturated carbocycles. The summed E-state index contributed by atoms with van der Waals surface area (Å²) in [5.74, 6) is 0.320. The second kappa shape index (κ2) is 9.69. The van der Waals surface area contributed by atoms with E-state index >= 15 is 0 Å². The average molecular weight is 493 g/mol. The van der Waals surface area contributed by atoms with Gasteiger partial charge in [0.1, 0.15) is 10.9 Å². The Kier molecular flexibility index (Phi) is 6.62. The van der Waals surface area contributed by atoms with Crippen molar-refractivity contribution < 1.29 is 9.59 Å². The zero-order valence-electron chi connectivity index (χ0n) is 21.3. The van der Waals surface area contributed by atoms with E-state index in [-0.39, 0.29) is 17.9 Å². The molecule has 2 aromatic heterocycles. The van der Waals surface area contributed by atoms with Gasteiger partial charge in [0.05, 0.1) is 5.00 Å². The van der Waals surface area contributed by atoms with Crippen LogP contribution in [-0.2, 0) is 16.0 Å². The van der Waals surface area contributed by atoms with Crippen molar-refractivity contribution in [2.75, 3.05) is 37.6 Å². The van der Waals surface area contributed by atoms with Gasteiger partial charge in [-0.3, -0.25) is 9.59 Å². The van der Waals surface area contributed by atoms with Gasteiger partial charge in [-0.05, 0) is 68.9 Å². The zero-order valence-corrected chi connectivity index (χ0v) is 22.1. The van der Waals surface area contributed by atoms with Gasteiger partial charge in [0.25, 0.3) is 0 Å². The fraction of sp³-hybridized carbons (Fsp3) is 0.500. The van der Waals surface area contributed by atoms with Crippen molar-refractivity contribution in [2.45, 2.75) is 59.4 Å². The second-order valence-corrected chi connectivity index (χ2v) is 11.1. The van der Waals surface area contributed by atoms with Gasteiger partial charge in [-0.2, -0.15) is 0 Å². The minimum Gasteiger partial charge on any atom is -0.351 e. The van der Waals surface area contributed by atoms with Crippen LogP contribution in [0.4, 0.5) is 5.00 Å². The number of rotatable bonds is 4. The van der Waals surface area contributed by atoms with Gasteiger partial charge in [0, 0.05) is 50.7 Å². The van der Waals surface area contributed by atoms with Crippen LogP contribution < -0.4 is 4.90 Å². The van der Waals surface area contributed by atoms with E-state index in [1.807, 2.05) is 9.80 Å². The molecule has 2 saturated heterocycles. The van der Waals surface area contributed by atoms with Crippen LogP contribution in [0.1, 0.15) is 49.8 Å². The summed E-state index contributed by atoms with van der Waals surface area (Å²) in [6.45, 7) is 11.6. The number of thiophene rings is 1. The molecule has 1 aromatic carbocycles. The maximum absolute atomic E-state index is 13.6. The molecule has 2 aliphatic rings. The lowest BCUT2D eigenvalue weighted by molar-refractivity contribution is -0.139. The van der Waals surface area contributed by atoms with Crippen molar-refractivity contribution in [3.8, 4) is 11.3 Å². The number of hydrogen-bond acceptors (Lipinski definition) is 4. The third kappa shape index (κ3) is 4.58. The van der Waals surface area contributed by atoms with Crippen LogP contribution in [-0.4, -0.2) is 65.4 Å². The molecule has 35 heavy (non-hydrogen) atoms. The van der Waals surface area contributed by atoms with Crippen LogP contribution in [0.5, 0.6) is 0 Å². The number of anilines is 1. The van der Waals surface area contributed by atoms with Crippen LogP contribution in [0.2, 0.25) is 0 Å². The summed E-state index contributed by atoms with van der Waals surface area (Å²) < 4.78 is 0. The summed E-state index contributed by atoms with van der Waals surface area (Å²) in [6.07, 6.45) is 4.04. The first-order valence-corrected chi connectivity index (χ1v) is 13.7. The van der Waals surface area contributed by atoms with Gasteiger partial charge in [-0.1, -0.05) is 35.5 Å². The largest absolute Gasteiger partial charge is 0.351 e. The van der Waals surface area contributed by atoms with Crippen molar-refractivity contribution in [2.24, 2.45) is 0 Å². The van der Waals surface area contributed by atoms with E-state index in [1.54, 1.807) is 18.3 Å². The summed E-state index contributed by atoms with van der Waals surface area (Å²) in [4.78, 5) is 36.4. The number of piperazine rings is 1. The first-order valence-electron chi connectivity index (χ1n) is 12.9. The van der Waals surface area contributed by atoms with E-state index in [2.05, 4.69) is 54.9 Å². The third-order valence-electron chi connectivity index (χ3n) is 7.54. The molecule has 0 bridgehead atoms. The maximum Gasteiger partial charge on any atom is 0.245 e. The number of carbonyl (C=O) groups is 2. The maximum atomic E-state index is 13.6. The number of nitrogens with one attached hydrogen (secondary N) is 1. The fourth-order valence-electron chi connectivity index (χ4n) is 5.76. The second-order valence-electron chi connectivity index (χ2n) is 10.1. The van der Waals surface area contributed by atoms with Crippen molar-refractivity contribution >= 4 is 38.4 Å². The molecule has 2 aliphatic heterocycles. The number of piperidine rings is 1. The Labute approximate surface area is 211 Å². The number of nitrogens with zero attached hydrogens (tertiary/aromatic N) is 3. The van der Waals surface area contributed by atoms with Crippen LogP contribution in [0.25, 0.3) is 21.5 Å². The van der Waals surface area contributed by atoms with E-state index in [0.29, 0.717) is 26.2 Å². The Morgan fingerprint density at radius 3 is 2.31 bits per heavy atom. The Hall–Kier alpha value is -2.80. The van der Waals surface area contributed by atoms with E-state index in [1.165, 1.54) is 37.5 Å². The number of aryl methyl sites for hydroxylation is 3. The molecule has 2 fully saturated rings. The molecule has 4 heterocycles. The van der Waals surface area contributed by atoms with Crippen molar-refractivity contribution in [3.63, 3.8) is 0 Å². The van der Waals surface area contributed by atoms with Crippen molar-refractivity contribution in [1.29, 1.82) is 0 Å². The number of hydrogen-bond donors (Lipinski definition) is 1. The van der Waals surface area contributed by atoms with E-state index in [9.17, 15) is 9.59 Å². The monoisotopic (exact) mass is 492 g/mol. The van der Waals surface area contributed by atoms with Gasteiger partial charge in [-0.15, -0.1) is 0 Å². The molecule has 1 unspecified atom stereocenters. The number of aromatic amines is 1. The molecule has 2 amide bonds. The lowest BCUT2D eigenvalue weighted by Crippen LogP contribution is -2.56. The quantitative estimate of drug-likeness (QED) is 0.550. The molecular formula is C28H36N4O2S. The summed E-state index contributed by atoms with van der Waals surface area (Å²) in [5, 5.41) is 2.54. The molecule has 6 nitrogen and oxygen atoms in total. The molecule has 186 valence electrons. The van der Waals surface area contributed by atoms with Gasteiger partial charge >= 0.3 is 0 Å². The number of fused-ring (bicyclic) bond motifs is 1. The van der Waals surface area contributed by atoms with Gasteiger partial charge in [-0.25, -0.2) is 0 Å². The normalized spacial score (nSPS) is 19.0. The summed E-state index contributed by atoms with van der Waals surface area (Å²) in [6, 6.07) is 8.86. The first-order chi connectivity index (χ1) is 16.9. The minimum atomic E-state index is -0.112. The highest BCUT2D eigenvalue weighted by atomic mass is 32.1. The number of carbonyl (C=O) groups excluding carboxylic acids is 2. The minimum absolute atomic E-state index is 0.0952. The molecule has 0 spiro atoms. The topological polar surface area (TPSA) is 59.7 Å². The van der Waals surface area contributed by atoms with Crippen LogP contribution >= 0.6 is 11.3 Å².